The largest absolute Gasteiger partial charge is 0.495 e. The van der Waals surface area contributed by atoms with E-state index in [-0.39, 0.29) is 12.1 Å². The Bertz CT molecular complexity index is 976. The van der Waals surface area contributed by atoms with Gasteiger partial charge in [-0.05, 0) is 48.6 Å². The van der Waals surface area contributed by atoms with E-state index < -0.39 is 0 Å². The van der Waals surface area contributed by atoms with E-state index in [0.29, 0.717) is 11.7 Å². The molecule has 29 heavy (non-hydrogen) atoms. The Labute approximate surface area is 176 Å². The van der Waals surface area contributed by atoms with E-state index in [1.807, 2.05) is 48.7 Å². The van der Waals surface area contributed by atoms with Crippen LogP contribution in [-0.4, -0.2) is 35.5 Å². The van der Waals surface area contributed by atoms with Crippen LogP contribution >= 0.6 is 12.2 Å². The molecule has 1 aromatic carbocycles. The highest BCUT2D eigenvalue weighted by Gasteiger charge is 2.42. The van der Waals surface area contributed by atoms with Gasteiger partial charge >= 0.3 is 0 Å². The third-order valence-corrected chi connectivity index (χ3v) is 5.46. The molecule has 0 bridgehead atoms. The SMILES string of the molecule is COCCn1cccc1C1C(c2ccccn2)NC(=S)N1c1ccccc1OC. The van der Waals surface area contributed by atoms with E-state index >= 15 is 0 Å². The number of hydrogen-bond donors (Lipinski definition) is 1. The van der Waals surface area contributed by atoms with Gasteiger partial charge in [0.1, 0.15) is 11.8 Å². The number of pyridine rings is 1. The molecule has 0 radical (unpaired) electrons. The average molecular weight is 409 g/mol. The molecular formula is C22H24N4O2S. The van der Waals surface area contributed by atoms with Crippen LogP contribution in [0.4, 0.5) is 5.69 Å². The fraction of sp³-hybridized carbons (Fsp3) is 0.273. The van der Waals surface area contributed by atoms with E-state index in [9.17, 15) is 0 Å². The van der Waals surface area contributed by atoms with Gasteiger partial charge in [-0.1, -0.05) is 18.2 Å². The molecule has 2 aromatic heterocycles. The lowest BCUT2D eigenvalue weighted by molar-refractivity contribution is 0.186. The summed E-state index contributed by atoms with van der Waals surface area (Å²) in [5.74, 6) is 0.776. The van der Waals surface area contributed by atoms with Gasteiger partial charge in [-0.15, -0.1) is 0 Å². The number of hydrogen-bond acceptors (Lipinski definition) is 4. The molecule has 1 saturated heterocycles. The molecule has 7 heteroatoms. The number of para-hydroxylation sites is 2. The summed E-state index contributed by atoms with van der Waals surface area (Å²) in [5.41, 5.74) is 3.00. The third-order valence-electron chi connectivity index (χ3n) is 5.15. The summed E-state index contributed by atoms with van der Waals surface area (Å²) in [7, 11) is 3.39. The zero-order valence-electron chi connectivity index (χ0n) is 16.5. The van der Waals surface area contributed by atoms with E-state index in [4.69, 9.17) is 21.7 Å². The van der Waals surface area contributed by atoms with Gasteiger partial charge in [0.15, 0.2) is 5.11 Å². The Hall–Kier alpha value is -2.90. The summed E-state index contributed by atoms with van der Waals surface area (Å²) < 4.78 is 13.2. The number of rotatable bonds is 7. The number of nitrogens with zero attached hydrogens (tertiary/aromatic N) is 3. The molecule has 6 nitrogen and oxygen atoms in total. The van der Waals surface area contributed by atoms with Crippen LogP contribution in [-0.2, 0) is 11.3 Å². The van der Waals surface area contributed by atoms with E-state index in [2.05, 4.69) is 38.1 Å². The van der Waals surface area contributed by atoms with E-state index in [1.54, 1.807) is 14.2 Å². The van der Waals surface area contributed by atoms with Crippen LogP contribution in [0.1, 0.15) is 23.5 Å². The smallest absolute Gasteiger partial charge is 0.174 e. The summed E-state index contributed by atoms with van der Waals surface area (Å²) >= 11 is 5.79. The summed E-state index contributed by atoms with van der Waals surface area (Å²) in [6.07, 6.45) is 3.89. The molecule has 1 aliphatic rings. The highest BCUT2D eigenvalue weighted by Crippen LogP contribution is 2.44. The first-order valence-corrected chi connectivity index (χ1v) is 9.93. The monoisotopic (exact) mass is 408 g/mol. The number of nitrogens with one attached hydrogen (secondary N) is 1. The number of thiocarbonyl (C=S) groups is 1. The second kappa shape index (κ2) is 8.63. The molecule has 150 valence electrons. The third kappa shape index (κ3) is 3.71. The highest BCUT2D eigenvalue weighted by atomic mass is 32.1. The number of aromatic nitrogens is 2. The van der Waals surface area contributed by atoms with E-state index in [1.165, 1.54) is 0 Å². The van der Waals surface area contributed by atoms with E-state index in [0.717, 1.165) is 29.4 Å². The molecule has 0 amide bonds. The maximum absolute atomic E-state index is 5.79. The van der Waals surface area contributed by atoms with Gasteiger partial charge < -0.3 is 24.3 Å². The van der Waals surface area contributed by atoms with Crippen LogP contribution in [0.3, 0.4) is 0 Å². The lowest BCUT2D eigenvalue weighted by atomic mass is 10.0. The van der Waals surface area contributed by atoms with Crippen LogP contribution in [0.2, 0.25) is 0 Å². The molecule has 2 unspecified atom stereocenters. The Kier molecular flexibility index (Phi) is 5.78. The highest BCUT2D eigenvalue weighted by molar-refractivity contribution is 7.80. The number of ether oxygens (including phenoxy) is 2. The van der Waals surface area contributed by atoms with Crippen molar-refractivity contribution in [2.75, 3.05) is 25.7 Å². The van der Waals surface area contributed by atoms with Gasteiger partial charge in [-0.25, -0.2) is 0 Å². The molecule has 1 aliphatic heterocycles. The van der Waals surface area contributed by atoms with Crippen molar-refractivity contribution in [2.24, 2.45) is 0 Å². The second-order valence-electron chi connectivity index (χ2n) is 6.79. The second-order valence-corrected chi connectivity index (χ2v) is 7.17. The minimum atomic E-state index is -0.0928. The fourth-order valence-electron chi connectivity index (χ4n) is 3.83. The van der Waals surface area contributed by atoms with Crippen molar-refractivity contribution >= 4 is 23.0 Å². The molecular weight excluding hydrogens is 384 g/mol. The van der Waals surface area contributed by atoms with Crippen LogP contribution in [0, 0.1) is 0 Å². The molecule has 3 aromatic rings. The molecule has 0 saturated carbocycles. The minimum absolute atomic E-state index is 0.0828. The Morgan fingerprint density at radius 1 is 1.07 bits per heavy atom. The lowest BCUT2D eigenvalue weighted by Crippen LogP contribution is -2.31. The quantitative estimate of drug-likeness (QED) is 0.602. The first-order chi connectivity index (χ1) is 14.2. The molecule has 1 N–H and O–H groups in total. The van der Waals surface area contributed by atoms with Gasteiger partial charge in [-0.3, -0.25) is 4.98 Å². The Morgan fingerprint density at radius 3 is 2.66 bits per heavy atom. The zero-order chi connectivity index (χ0) is 20.2. The lowest BCUT2D eigenvalue weighted by Gasteiger charge is -2.29. The number of anilines is 1. The van der Waals surface area contributed by atoms with Crippen molar-refractivity contribution in [1.29, 1.82) is 0 Å². The normalized spacial score (nSPS) is 18.7. The molecule has 1 fully saturated rings. The first kappa shape index (κ1) is 19.4. The van der Waals surface area contributed by atoms with Gasteiger partial charge in [-0.2, -0.15) is 0 Å². The van der Waals surface area contributed by atoms with Gasteiger partial charge in [0.05, 0.1) is 31.1 Å². The van der Waals surface area contributed by atoms with Gasteiger partial charge in [0.25, 0.3) is 0 Å². The van der Waals surface area contributed by atoms with Crippen LogP contribution in [0.5, 0.6) is 5.75 Å². The van der Waals surface area contributed by atoms with Crippen molar-refractivity contribution in [3.05, 3.63) is 78.4 Å². The van der Waals surface area contributed by atoms with Crippen LogP contribution in [0.15, 0.2) is 67.0 Å². The molecule has 0 aliphatic carbocycles. The molecule has 3 heterocycles. The van der Waals surface area contributed by atoms with Crippen molar-refractivity contribution < 1.29 is 9.47 Å². The van der Waals surface area contributed by atoms with Crippen molar-refractivity contribution in [3.8, 4) is 5.75 Å². The Morgan fingerprint density at radius 2 is 1.90 bits per heavy atom. The molecule has 0 spiro atoms. The number of benzene rings is 1. The molecule has 2 atom stereocenters. The average Bonchev–Trinajstić information content (AvgIpc) is 3.36. The fourth-order valence-corrected chi connectivity index (χ4v) is 4.17. The van der Waals surface area contributed by atoms with Crippen molar-refractivity contribution in [3.63, 3.8) is 0 Å². The standard InChI is InChI=1S/C22H24N4O2S/c1-27-15-14-25-13-7-10-18(25)21-20(16-8-5-6-12-23-16)24-22(29)26(21)17-9-3-4-11-19(17)28-2/h3-13,20-21H,14-15H2,1-2H3,(H,24,29). The minimum Gasteiger partial charge on any atom is -0.495 e. The summed E-state index contributed by atoms with van der Waals surface area (Å²) in [6.45, 7) is 1.39. The maximum atomic E-state index is 5.79. The molecule has 4 rings (SSSR count). The summed E-state index contributed by atoms with van der Waals surface area (Å²) in [5, 5.41) is 4.13. The first-order valence-electron chi connectivity index (χ1n) is 9.52. The van der Waals surface area contributed by atoms with Crippen molar-refractivity contribution in [2.45, 2.75) is 18.6 Å². The Balaban J connectivity index is 1.83. The van der Waals surface area contributed by atoms with Crippen LogP contribution in [0.25, 0.3) is 0 Å². The maximum Gasteiger partial charge on any atom is 0.174 e. The summed E-state index contributed by atoms with van der Waals surface area (Å²) in [4.78, 5) is 6.73. The van der Waals surface area contributed by atoms with Crippen molar-refractivity contribution in [1.82, 2.24) is 14.9 Å². The predicted molar refractivity (Wildman–Crippen MR) is 117 cm³/mol. The van der Waals surface area contributed by atoms with Gasteiger partial charge in [0, 0.05) is 31.7 Å². The van der Waals surface area contributed by atoms with Gasteiger partial charge in [0.2, 0.25) is 0 Å². The topological polar surface area (TPSA) is 51.5 Å². The zero-order valence-corrected chi connectivity index (χ0v) is 17.3. The number of methoxy groups -OCH3 is 2. The predicted octanol–water partition coefficient (Wildman–Crippen LogP) is 3.72. The van der Waals surface area contributed by atoms with Crippen LogP contribution < -0.4 is 15.0 Å². The summed E-state index contributed by atoms with van der Waals surface area (Å²) in [6, 6.07) is 17.9.